The van der Waals surface area contributed by atoms with Gasteiger partial charge < -0.3 is 10.6 Å². The van der Waals surface area contributed by atoms with E-state index in [2.05, 4.69) is 20.7 Å². The fraction of sp³-hybridized carbons (Fsp3) is 0.294. The van der Waals surface area contributed by atoms with Crippen molar-refractivity contribution in [3.63, 3.8) is 0 Å². The molecule has 1 aliphatic heterocycles. The molecule has 24 heavy (non-hydrogen) atoms. The first-order chi connectivity index (χ1) is 11.3. The Hall–Kier alpha value is -2.18. The summed E-state index contributed by atoms with van der Waals surface area (Å²) in [5.41, 5.74) is 1.83. The summed E-state index contributed by atoms with van der Waals surface area (Å²) in [4.78, 5) is 4.53. The number of nitrogens with one attached hydrogen (secondary N) is 2. The van der Waals surface area contributed by atoms with Gasteiger partial charge in [-0.05, 0) is 38.1 Å². The molecule has 0 spiro atoms. The Morgan fingerprint density at radius 1 is 1.17 bits per heavy atom. The van der Waals surface area contributed by atoms with Gasteiger partial charge in [0.05, 0.1) is 11.9 Å². The molecule has 5 nitrogen and oxygen atoms in total. The molecule has 0 amide bonds. The highest BCUT2D eigenvalue weighted by molar-refractivity contribution is 5.85. The Morgan fingerprint density at radius 2 is 1.96 bits per heavy atom. The van der Waals surface area contributed by atoms with E-state index in [0.717, 1.165) is 31.7 Å². The van der Waals surface area contributed by atoms with Gasteiger partial charge in [-0.3, -0.25) is 0 Å². The molecule has 3 heterocycles. The molecule has 0 aliphatic carbocycles. The molecule has 4 rings (SSSR count). The minimum absolute atomic E-state index is 0. The molecule has 1 fully saturated rings. The fourth-order valence-electron chi connectivity index (χ4n) is 3.00. The van der Waals surface area contributed by atoms with Gasteiger partial charge in [0.1, 0.15) is 11.6 Å². The summed E-state index contributed by atoms with van der Waals surface area (Å²) in [6.07, 6.45) is 3.82. The number of piperidine rings is 1. The first-order valence-corrected chi connectivity index (χ1v) is 7.88. The van der Waals surface area contributed by atoms with Crippen molar-refractivity contribution in [1.29, 1.82) is 0 Å². The van der Waals surface area contributed by atoms with E-state index in [0.29, 0.717) is 22.9 Å². The van der Waals surface area contributed by atoms with Crippen LogP contribution in [0, 0.1) is 5.82 Å². The second-order valence-corrected chi connectivity index (χ2v) is 5.78. The fourth-order valence-corrected chi connectivity index (χ4v) is 3.00. The number of aromatic nitrogens is 3. The molecule has 1 aromatic carbocycles. The van der Waals surface area contributed by atoms with Crippen molar-refractivity contribution in [1.82, 2.24) is 19.9 Å². The van der Waals surface area contributed by atoms with Crippen LogP contribution < -0.4 is 10.6 Å². The van der Waals surface area contributed by atoms with Crippen LogP contribution in [0.3, 0.4) is 0 Å². The first kappa shape index (κ1) is 16.7. The highest BCUT2D eigenvalue weighted by Crippen LogP contribution is 2.25. The average molecular weight is 348 g/mol. The van der Waals surface area contributed by atoms with Crippen LogP contribution in [-0.4, -0.2) is 33.7 Å². The molecule has 0 radical (unpaired) electrons. The Labute approximate surface area is 145 Å². The van der Waals surface area contributed by atoms with Crippen LogP contribution in [0.4, 0.5) is 10.2 Å². The van der Waals surface area contributed by atoms with E-state index < -0.39 is 0 Å². The van der Waals surface area contributed by atoms with Gasteiger partial charge in [0.15, 0.2) is 5.65 Å². The van der Waals surface area contributed by atoms with E-state index in [4.69, 9.17) is 0 Å². The second-order valence-electron chi connectivity index (χ2n) is 5.78. The molecular formula is C17H19ClFN5. The molecule has 2 aromatic heterocycles. The van der Waals surface area contributed by atoms with Crippen LogP contribution >= 0.6 is 12.4 Å². The summed E-state index contributed by atoms with van der Waals surface area (Å²) in [7, 11) is 0. The van der Waals surface area contributed by atoms with Gasteiger partial charge in [0.2, 0.25) is 0 Å². The molecular weight excluding hydrogens is 329 g/mol. The molecule has 0 bridgehead atoms. The van der Waals surface area contributed by atoms with Crippen molar-refractivity contribution in [2.24, 2.45) is 0 Å². The van der Waals surface area contributed by atoms with E-state index in [9.17, 15) is 4.39 Å². The van der Waals surface area contributed by atoms with E-state index in [1.165, 1.54) is 6.07 Å². The van der Waals surface area contributed by atoms with Crippen molar-refractivity contribution >= 4 is 23.9 Å². The van der Waals surface area contributed by atoms with Crippen LogP contribution in [0.1, 0.15) is 12.8 Å². The third-order valence-corrected chi connectivity index (χ3v) is 4.20. The number of rotatable bonds is 3. The molecule has 0 atom stereocenters. The molecule has 1 saturated heterocycles. The van der Waals surface area contributed by atoms with E-state index >= 15 is 0 Å². The minimum atomic E-state index is -0.267. The zero-order valence-corrected chi connectivity index (χ0v) is 13.9. The van der Waals surface area contributed by atoms with Crippen molar-refractivity contribution < 1.29 is 4.39 Å². The lowest BCUT2D eigenvalue weighted by Crippen LogP contribution is -2.35. The van der Waals surface area contributed by atoms with Crippen molar-refractivity contribution in [3.05, 3.63) is 48.4 Å². The zero-order chi connectivity index (χ0) is 15.6. The SMILES string of the molecule is Cl.Fc1ccccc1-c1cc(NC2CCNCC2)n2nccc2n1. The van der Waals surface area contributed by atoms with Crippen LogP contribution in [0.25, 0.3) is 16.9 Å². The molecule has 0 unspecified atom stereocenters. The number of hydrogen-bond donors (Lipinski definition) is 2. The third kappa shape index (κ3) is 3.20. The highest BCUT2D eigenvalue weighted by Gasteiger charge is 2.16. The Bertz CT molecular complexity index is 829. The smallest absolute Gasteiger partial charge is 0.157 e. The van der Waals surface area contributed by atoms with Gasteiger partial charge in [-0.25, -0.2) is 9.37 Å². The predicted octanol–water partition coefficient (Wildman–Crippen LogP) is 3.12. The minimum Gasteiger partial charge on any atom is -0.367 e. The summed E-state index contributed by atoms with van der Waals surface area (Å²) in [5.74, 6) is 0.585. The summed E-state index contributed by atoms with van der Waals surface area (Å²) in [6.45, 7) is 2.01. The van der Waals surface area contributed by atoms with Crippen molar-refractivity contribution in [3.8, 4) is 11.3 Å². The van der Waals surface area contributed by atoms with Crippen LogP contribution in [0.15, 0.2) is 42.6 Å². The van der Waals surface area contributed by atoms with Gasteiger partial charge in [-0.2, -0.15) is 9.61 Å². The average Bonchev–Trinajstić information content (AvgIpc) is 3.05. The summed E-state index contributed by atoms with van der Waals surface area (Å²) < 4.78 is 15.9. The molecule has 126 valence electrons. The molecule has 0 saturated carbocycles. The van der Waals surface area contributed by atoms with Gasteiger partial charge >= 0.3 is 0 Å². The molecule has 7 heteroatoms. The Kier molecular flexibility index (Phi) is 4.97. The van der Waals surface area contributed by atoms with Gasteiger partial charge in [0.25, 0.3) is 0 Å². The van der Waals surface area contributed by atoms with E-state index in [1.54, 1.807) is 22.8 Å². The third-order valence-electron chi connectivity index (χ3n) is 4.20. The number of fused-ring (bicyclic) bond motifs is 1. The van der Waals surface area contributed by atoms with Crippen molar-refractivity contribution in [2.45, 2.75) is 18.9 Å². The maximum Gasteiger partial charge on any atom is 0.157 e. The first-order valence-electron chi connectivity index (χ1n) is 7.88. The zero-order valence-electron chi connectivity index (χ0n) is 13.1. The highest BCUT2D eigenvalue weighted by atomic mass is 35.5. The number of halogens is 2. The van der Waals surface area contributed by atoms with E-state index in [-0.39, 0.29) is 18.2 Å². The van der Waals surface area contributed by atoms with Gasteiger partial charge in [-0.15, -0.1) is 12.4 Å². The lowest BCUT2D eigenvalue weighted by Gasteiger charge is -2.25. The largest absolute Gasteiger partial charge is 0.367 e. The number of hydrogen-bond acceptors (Lipinski definition) is 4. The van der Waals surface area contributed by atoms with Gasteiger partial charge in [-0.1, -0.05) is 12.1 Å². The van der Waals surface area contributed by atoms with Crippen LogP contribution in [0.5, 0.6) is 0 Å². The van der Waals surface area contributed by atoms with Crippen LogP contribution in [-0.2, 0) is 0 Å². The van der Waals surface area contributed by atoms with E-state index in [1.807, 2.05) is 18.2 Å². The topological polar surface area (TPSA) is 54.2 Å². The maximum absolute atomic E-state index is 14.1. The molecule has 1 aliphatic rings. The Morgan fingerprint density at radius 3 is 2.75 bits per heavy atom. The van der Waals surface area contributed by atoms with Crippen molar-refractivity contribution in [2.75, 3.05) is 18.4 Å². The number of anilines is 1. The Balaban J connectivity index is 0.00000169. The molecule has 3 aromatic rings. The predicted molar refractivity (Wildman–Crippen MR) is 95.1 cm³/mol. The van der Waals surface area contributed by atoms with Crippen LogP contribution in [0.2, 0.25) is 0 Å². The lowest BCUT2D eigenvalue weighted by molar-refractivity contribution is 0.477. The second kappa shape index (κ2) is 7.15. The molecule has 2 N–H and O–H groups in total. The number of nitrogens with zero attached hydrogens (tertiary/aromatic N) is 3. The summed E-state index contributed by atoms with van der Waals surface area (Å²) >= 11 is 0. The maximum atomic E-state index is 14.1. The number of benzene rings is 1. The summed E-state index contributed by atoms with van der Waals surface area (Å²) in [5, 5.41) is 11.2. The summed E-state index contributed by atoms with van der Waals surface area (Å²) in [6, 6.07) is 10.8. The normalized spacial score (nSPS) is 15.2. The standard InChI is InChI=1S/C17H18FN5.ClH/c18-14-4-2-1-3-13(14)15-11-17(21-12-5-8-19-9-6-12)23-16(22-15)7-10-20-23;/h1-4,7,10-12,19,21H,5-6,8-9H2;1H. The quantitative estimate of drug-likeness (QED) is 0.764. The lowest BCUT2D eigenvalue weighted by atomic mass is 10.1. The van der Waals surface area contributed by atoms with Gasteiger partial charge in [0, 0.05) is 23.7 Å². The monoisotopic (exact) mass is 347 g/mol.